The number of nitrogens with zero attached hydrogens (tertiary/aromatic N) is 1. The Morgan fingerprint density at radius 2 is 2.00 bits per heavy atom. The van der Waals surface area contributed by atoms with Crippen molar-refractivity contribution in [2.75, 3.05) is 7.05 Å². The molecule has 3 aromatic rings. The SMILES string of the molecule is CNCc1cc(-c2ccc3nc(C)[nH]c3c2)[nH]c1C. The molecule has 0 aliphatic heterocycles. The molecular formula is C15H18N4. The van der Waals surface area contributed by atoms with Crippen LogP contribution in [0.5, 0.6) is 0 Å². The lowest BCUT2D eigenvalue weighted by atomic mass is 10.1. The van der Waals surface area contributed by atoms with Crippen LogP contribution in [0.2, 0.25) is 0 Å². The van der Waals surface area contributed by atoms with E-state index >= 15 is 0 Å². The van der Waals surface area contributed by atoms with Gasteiger partial charge < -0.3 is 15.3 Å². The molecule has 4 heteroatoms. The van der Waals surface area contributed by atoms with E-state index in [4.69, 9.17) is 0 Å². The Kier molecular flexibility index (Phi) is 2.87. The van der Waals surface area contributed by atoms with Crippen LogP contribution in [-0.2, 0) is 6.54 Å². The molecule has 0 saturated heterocycles. The first-order valence-electron chi connectivity index (χ1n) is 6.47. The summed E-state index contributed by atoms with van der Waals surface area (Å²) in [6.07, 6.45) is 0. The van der Waals surface area contributed by atoms with E-state index in [1.54, 1.807) is 0 Å². The highest BCUT2D eigenvalue weighted by molar-refractivity contribution is 5.81. The van der Waals surface area contributed by atoms with Crippen LogP contribution in [0, 0.1) is 13.8 Å². The second-order valence-corrected chi connectivity index (χ2v) is 4.92. The summed E-state index contributed by atoms with van der Waals surface area (Å²) in [5.74, 6) is 0.950. The first-order valence-corrected chi connectivity index (χ1v) is 6.47. The third-order valence-corrected chi connectivity index (χ3v) is 3.40. The average Bonchev–Trinajstić information content (AvgIpc) is 2.91. The van der Waals surface area contributed by atoms with E-state index < -0.39 is 0 Å². The number of aromatic nitrogens is 3. The maximum Gasteiger partial charge on any atom is 0.104 e. The zero-order valence-corrected chi connectivity index (χ0v) is 11.5. The minimum Gasteiger partial charge on any atom is -0.358 e. The molecule has 0 fully saturated rings. The first kappa shape index (κ1) is 12.0. The van der Waals surface area contributed by atoms with Crippen molar-refractivity contribution in [1.29, 1.82) is 0 Å². The fraction of sp³-hybridized carbons (Fsp3) is 0.267. The molecule has 19 heavy (non-hydrogen) atoms. The van der Waals surface area contributed by atoms with E-state index in [1.165, 1.54) is 16.8 Å². The van der Waals surface area contributed by atoms with Crippen LogP contribution >= 0.6 is 0 Å². The van der Waals surface area contributed by atoms with Gasteiger partial charge in [-0.25, -0.2) is 4.98 Å². The number of imidazole rings is 1. The van der Waals surface area contributed by atoms with Crippen molar-refractivity contribution in [3.8, 4) is 11.3 Å². The van der Waals surface area contributed by atoms with Crippen molar-refractivity contribution in [2.45, 2.75) is 20.4 Å². The van der Waals surface area contributed by atoms with Gasteiger partial charge in [-0.2, -0.15) is 0 Å². The summed E-state index contributed by atoms with van der Waals surface area (Å²) >= 11 is 0. The fourth-order valence-electron chi connectivity index (χ4n) is 2.44. The number of nitrogens with one attached hydrogen (secondary N) is 3. The van der Waals surface area contributed by atoms with Crippen LogP contribution in [0.15, 0.2) is 24.3 Å². The van der Waals surface area contributed by atoms with E-state index in [-0.39, 0.29) is 0 Å². The molecule has 2 aromatic heterocycles. The van der Waals surface area contributed by atoms with E-state index in [1.807, 2.05) is 14.0 Å². The van der Waals surface area contributed by atoms with Crippen LogP contribution in [0.4, 0.5) is 0 Å². The summed E-state index contributed by atoms with van der Waals surface area (Å²) in [5.41, 5.74) is 6.94. The first-order chi connectivity index (χ1) is 9.17. The van der Waals surface area contributed by atoms with Crippen LogP contribution in [0.3, 0.4) is 0 Å². The Hall–Kier alpha value is -2.07. The maximum atomic E-state index is 4.42. The van der Waals surface area contributed by atoms with Crippen LogP contribution in [0.1, 0.15) is 17.1 Å². The summed E-state index contributed by atoms with van der Waals surface area (Å²) in [4.78, 5) is 11.1. The molecule has 0 amide bonds. The van der Waals surface area contributed by atoms with Gasteiger partial charge in [0.25, 0.3) is 0 Å². The van der Waals surface area contributed by atoms with E-state index in [0.717, 1.165) is 29.1 Å². The normalized spacial score (nSPS) is 11.3. The lowest BCUT2D eigenvalue weighted by molar-refractivity contribution is 0.812. The lowest BCUT2D eigenvalue weighted by Gasteiger charge is -1.97. The molecule has 0 atom stereocenters. The van der Waals surface area contributed by atoms with Crippen molar-refractivity contribution < 1.29 is 0 Å². The van der Waals surface area contributed by atoms with Crippen LogP contribution in [-0.4, -0.2) is 22.0 Å². The third-order valence-electron chi connectivity index (χ3n) is 3.40. The second kappa shape index (κ2) is 4.55. The average molecular weight is 254 g/mol. The molecule has 0 saturated carbocycles. The van der Waals surface area contributed by atoms with Crippen LogP contribution in [0.25, 0.3) is 22.3 Å². The third kappa shape index (κ3) is 2.15. The molecule has 3 N–H and O–H groups in total. The number of H-pyrrole nitrogens is 2. The second-order valence-electron chi connectivity index (χ2n) is 4.92. The monoisotopic (exact) mass is 254 g/mol. The predicted molar refractivity (Wildman–Crippen MR) is 78.1 cm³/mol. The molecule has 98 valence electrons. The number of hydrogen-bond donors (Lipinski definition) is 3. The highest BCUT2D eigenvalue weighted by atomic mass is 14.9. The number of rotatable bonds is 3. The van der Waals surface area contributed by atoms with E-state index in [9.17, 15) is 0 Å². The predicted octanol–water partition coefficient (Wildman–Crippen LogP) is 2.89. The van der Waals surface area contributed by atoms with Crippen molar-refractivity contribution in [1.82, 2.24) is 20.3 Å². The summed E-state index contributed by atoms with van der Waals surface area (Å²) in [7, 11) is 1.96. The summed E-state index contributed by atoms with van der Waals surface area (Å²) in [6.45, 7) is 4.96. The Bertz CT molecular complexity index is 721. The van der Waals surface area contributed by atoms with E-state index in [0.29, 0.717) is 0 Å². The smallest absolute Gasteiger partial charge is 0.104 e. The maximum absolute atomic E-state index is 4.42. The molecule has 0 bridgehead atoms. The molecule has 0 radical (unpaired) electrons. The van der Waals surface area contributed by atoms with Gasteiger partial charge >= 0.3 is 0 Å². The molecule has 0 spiro atoms. The van der Waals surface area contributed by atoms with Gasteiger partial charge in [0.05, 0.1) is 11.0 Å². The standard InChI is InChI=1S/C15H18N4/c1-9-12(8-16-3)7-14(17-9)11-4-5-13-15(6-11)19-10(2)18-13/h4-7,16-17H,8H2,1-3H3,(H,18,19). The summed E-state index contributed by atoms with van der Waals surface area (Å²) in [5, 5.41) is 3.19. The topological polar surface area (TPSA) is 56.5 Å². The number of aromatic amines is 2. The number of hydrogen-bond acceptors (Lipinski definition) is 2. The molecular weight excluding hydrogens is 236 g/mol. The Morgan fingerprint density at radius 3 is 2.79 bits per heavy atom. The van der Waals surface area contributed by atoms with Gasteiger partial charge in [0.2, 0.25) is 0 Å². The molecule has 4 nitrogen and oxygen atoms in total. The molecule has 1 aromatic carbocycles. The highest BCUT2D eigenvalue weighted by Crippen LogP contribution is 2.24. The molecule has 2 heterocycles. The minimum atomic E-state index is 0.883. The van der Waals surface area contributed by atoms with Crippen molar-refractivity contribution in [3.05, 3.63) is 41.3 Å². The van der Waals surface area contributed by atoms with Gasteiger partial charge in [0, 0.05) is 23.5 Å². The quantitative estimate of drug-likeness (QED) is 0.673. The van der Waals surface area contributed by atoms with Crippen molar-refractivity contribution in [2.24, 2.45) is 0 Å². The van der Waals surface area contributed by atoms with Gasteiger partial charge in [0.15, 0.2) is 0 Å². The largest absolute Gasteiger partial charge is 0.358 e. The minimum absolute atomic E-state index is 0.883. The lowest BCUT2D eigenvalue weighted by Crippen LogP contribution is -2.04. The van der Waals surface area contributed by atoms with Gasteiger partial charge in [0.1, 0.15) is 5.82 Å². The summed E-state index contributed by atoms with van der Waals surface area (Å²) < 4.78 is 0. The van der Waals surface area contributed by atoms with Crippen molar-refractivity contribution in [3.63, 3.8) is 0 Å². The van der Waals surface area contributed by atoms with Crippen LogP contribution < -0.4 is 5.32 Å². The Morgan fingerprint density at radius 1 is 1.16 bits per heavy atom. The Labute approximate surface area is 112 Å². The molecule has 0 aliphatic carbocycles. The van der Waals surface area contributed by atoms with Gasteiger partial charge in [-0.1, -0.05) is 6.07 Å². The van der Waals surface area contributed by atoms with Gasteiger partial charge in [-0.3, -0.25) is 0 Å². The summed E-state index contributed by atoms with van der Waals surface area (Å²) in [6, 6.07) is 8.51. The van der Waals surface area contributed by atoms with Gasteiger partial charge in [-0.05, 0) is 44.7 Å². The highest BCUT2D eigenvalue weighted by Gasteiger charge is 2.07. The number of benzene rings is 1. The number of fused-ring (bicyclic) bond motifs is 1. The van der Waals surface area contributed by atoms with Crippen molar-refractivity contribution >= 4 is 11.0 Å². The molecule has 0 aliphatic rings. The van der Waals surface area contributed by atoms with E-state index in [2.05, 4.69) is 51.5 Å². The molecule has 0 unspecified atom stereocenters. The zero-order chi connectivity index (χ0) is 13.4. The fourth-order valence-corrected chi connectivity index (χ4v) is 2.44. The zero-order valence-electron chi connectivity index (χ0n) is 11.5. The van der Waals surface area contributed by atoms with Gasteiger partial charge in [-0.15, -0.1) is 0 Å². The molecule has 3 rings (SSSR count). The Balaban J connectivity index is 2.05. The number of aryl methyl sites for hydroxylation is 2.